The second kappa shape index (κ2) is 5.32. The van der Waals surface area contributed by atoms with Gasteiger partial charge in [-0.3, -0.25) is 0 Å². The molecule has 5 aromatic carbocycles. The third-order valence-electron chi connectivity index (χ3n) is 5.93. The lowest BCUT2D eigenvalue weighted by molar-refractivity contribution is 1.47. The van der Waals surface area contributed by atoms with Crippen LogP contribution in [0.3, 0.4) is 0 Å². The molecule has 0 amide bonds. The lowest BCUT2D eigenvalue weighted by Crippen LogP contribution is -1.86. The summed E-state index contributed by atoms with van der Waals surface area (Å²) in [5.74, 6) is 0. The topological polar surface area (TPSA) is 0 Å². The van der Waals surface area contributed by atoms with Crippen molar-refractivity contribution in [3.8, 4) is 0 Å². The normalized spacial score (nSPS) is 11.8. The molecule has 0 bridgehead atoms. The zero-order valence-electron chi connectivity index (χ0n) is 15.8. The highest BCUT2D eigenvalue weighted by atomic mass is 14.1. The molecular formula is C26H22. The van der Waals surface area contributed by atoms with Gasteiger partial charge in [0.2, 0.25) is 0 Å². The maximum absolute atomic E-state index is 2.36. The van der Waals surface area contributed by atoms with Gasteiger partial charge in [-0.05, 0) is 129 Å². The van der Waals surface area contributed by atoms with Gasteiger partial charge < -0.3 is 0 Å². The van der Waals surface area contributed by atoms with Gasteiger partial charge in [0, 0.05) is 0 Å². The van der Waals surface area contributed by atoms with E-state index in [9.17, 15) is 0 Å². The van der Waals surface area contributed by atoms with Crippen molar-refractivity contribution in [1.82, 2.24) is 0 Å². The van der Waals surface area contributed by atoms with Gasteiger partial charge >= 0.3 is 0 Å². The van der Waals surface area contributed by atoms with Gasteiger partial charge in [0.05, 0.1) is 0 Å². The van der Waals surface area contributed by atoms with Crippen LogP contribution in [0.5, 0.6) is 0 Å². The number of hydrogen-bond acceptors (Lipinski definition) is 0. The van der Waals surface area contributed by atoms with Crippen LogP contribution in [0.2, 0.25) is 0 Å². The van der Waals surface area contributed by atoms with Gasteiger partial charge in [-0.2, -0.15) is 0 Å². The van der Waals surface area contributed by atoms with E-state index in [-0.39, 0.29) is 0 Å². The van der Waals surface area contributed by atoms with Crippen molar-refractivity contribution in [3.63, 3.8) is 0 Å². The van der Waals surface area contributed by atoms with Gasteiger partial charge in [0.15, 0.2) is 0 Å². The molecule has 126 valence electrons. The molecule has 0 N–H and O–H groups in total. The zero-order valence-corrected chi connectivity index (χ0v) is 15.8. The smallest absolute Gasteiger partial charge is 0.0146 e. The molecule has 0 heterocycles. The Kier molecular flexibility index (Phi) is 3.15. The molecule has 0 saturated carbocycles. The van der Waals surface area contributed by atoms with Crippen LogP contribution < -0.4 is 0 Å². The maximum Gasteiger partial charge on any atom is -0.0146 e. The number of aryl methyl sites for hydroxylation is 4. The van der Waals surface area contributed by atoms with Crippen molar-refractivity contribution in [3.05, 3.63) is 82.9 Å². The lowest BCUT2D eigenvalue weighted by atomic mass is 9.93. The predicted octanol–water partition coefficient (Wildman–Crippen LogP) is 7.53. The monoisotopic (exact) mass is 334 g/mol. The largest absolute Gasteiger partial charge is 0.0584 e. The Labute approximate surface area is 154 Å². The summed E-state index contributed by atoms with van der Waals surface area (Å²) in [6, 6.07) is 23.1. The molecule has 0 fully saturated rings. The first-order valence-electron chi connectivity index (χ1n) is 9.29. The number of rotatable bonds is 0. The van der Waals surface area contributed by atoms with Crippen LogP contribution in [0.15, 0.2) is 60.7 Å². The molecule has 0 atom stereocenters. The number of fused-ring (bicyclic) bond motifs is 4. The average molecular weight is 334 g/mol. The molecule has 0 aliphatic heterocycles. The highest BCUT2D eigenvalue weighted by Crippen LogP contribution is 2.33. The second-order valence-electron chi connectivity index (χ2n) is 7.74. The van der Waals surface area contributed by atoms with Crippen LogP contribution in [-0.4, -0.2) is 0 Å². The first-order chi connectivity index (χ1) is 12.5. The van der Waals surface area contributed by atoms with Crippen molar-refractivity contribution >= 4 is 43.1 Å². The van der Waals surface area contributed by atoms with E-state index in [1.165, 1.54) is 65.3 Å². The minimum Gasteiger partial charge on any atom is -0.0584 e. The second-order valence-corrected chi connectivity index (χ2v) is 7.74. The summed E-state index contributed by atoms with van der Waals surface area (Å²) in [6.07, 6.45) is 0. The average Bonchev–Trinajstić information content (AvgIpc) is 2.64. The van der Waals surface area contributed by atoms with Gasteiger partial charge in [0.1, 0.15) is 0 Å². The van der Waals surface area contributed by atoms with Crippen LogP contribution in [0.4, 0.5) is 0 Å². The summed E-state index contributed by atoms with van der Waals surface area (Å²) >= 11 is 0. The molecule has 5 aromatic rings. The quantitative estimate of drug-likeness (QED) is 0.257. The molecule has 0 saturated heterocycles. The summed E-state index contributed by atoms with van der Waals surface area (Å²) in [7, 11) is 0. The molecule has 5 rings (SSSR count). The molecule has 26 heavy (non-hydrogen) atoms. The van der Waals surface area contributed by atoms with E-state index in [1.807, 2.05) is 0 Å². The molecular weight excluding hydrogens is 312 g/mol. The Hall–Kier alpha value is -2.86. The highest BCUT2D eigenvalue weighted by molar-refractivity contribution is 6.09. The molecule has 0 spiro atoms. The van der Waals surface area contributed by atoms with Crippen LogP contribution >= 0.6 is 0 Å². The lowest BCUT2D eigenvalue weighted by Gasteiger charge is -2.11. The van der Waals surface area contributed by atoms with Crippen molar-refractivity contribution in [2.45, 2.75) is 27.7 Å². The van der Waals surface area contributed by atoms with E-state index in [0.29, 0.717) is 0 Å². The highest BCUT2D eigenvalue weighted by Gasteiger charge is 2.07. The fourth-order valence-corrected chi connectivity index (χ4v) is 4.27. The van der Waals surface area contributed by atoms with Crippen LogP contribution in [0.25, 0.3) is 43.1 Å². The fourth-order valence-electron chi connectivity index (χ4n) is 4.27. The first kappa shape index (κ1) is 15.4. The van der Waals surface area contributed by atoms with Gasteiger partial charge in [-0.1, -0.05) is 24.3 Å². The molecule has 0 aliphatic rings. The Morgan fingerprint density at radius 3 is 0.808 bits per heavy atom. The fraction of sp³-hybridized carbons (Fsp3) is 0.154. The SMILES string of the molecule is Cc1ccc(C)c2cc3cc4cc5c(C)ccc(C)c5cc4cc3cc12. The van der Waals surface area contributed by atoms with E-state index >= 15 is 0 Å². The third kappa shape index (κ3) is 2.15. The Morgan fingerprint density at radius 2 is 0.577 bits per heavy atom. The van der Waals surface area contributed by atoms with Gasteiger partial charge in [-0.15, -0.1) is 0 Å². The summed E-state index contributed by atoms with van der Waals surface area (Å²) < 4.78 is 0. The van der Waals surface area contributed by atoms with E-state index < -0.39 is 0 Å². The zero-order chi connectivity index (χ0) is 18.0. The molecule has 0 aromatic heterocycles. The van der Waals surface area contributed by atoms with E-state index in [0.717, 1.165) is 0 Å². The molecule has 0 aliphatic carbocycles. The maximum atomic E-state index is 2.36. The minimum atomic E-state index is 1.32. The summed E-state index contributed by atoms with van der Waals surface area (Å²) in [4.78, 5) is 0. The van der Waals surface area contributed by atoms with Crippen molar-refractivity contribution in [1.29, 1.82) is 0 Å². The standard InChI is InChI=1S/C26H22/c1-15-5-6-16(2)24-12-20-10-22-14-26-18(4)8-7-17(3)25(26)13-21(22)9-19(20)11-23(15)24/h5-14H,1-4H3. The van der Waals surface area contributed by atoms with Gasteiger partial charge in [0.25, 0.3) is 0 Å². The van der Waals surface area contributed by atoms with E-state index in [2.05, 4.69) is 88.4 Å². The Morgan fingerprint density at radius 1 is 0.346 bits per heavy atom. The number of benzene rings is 5. The van der Waals surface area contributed by atoms with Crippen molar-refractivity contribution in [2.24, 2.45) is 0 Å². The predicted molar refractivity (Wildman–Crippen MR) is 115 cm³/mol. The van der Waals surface area contributed by atoms with Gasteiger partial charge in [-0.25, -0.2) is 0 Å². The van der Waals surface area contributed by atoms with E-state index in [4.69, 9.17) is 0 Å². The molecule has 0 radical (unpaired) electrons. The minimum absolute atomic E-state index is 1.32. The summed E-state index contributed by atoms with van der Waals surface area (Å²) in [6.45, 7) is 8.81. The number of hydrogen-bond donors (Lipinski definition) is 0. The molecule has 0 nitrogen and oxygen atoms in total. The van der Waals surface area contributed by atoms with Crippen molar-refractivity contribution in [2.75, 3.05) is 0 Å². The molecule has 0 unspecified atom stereocenters. The van der Waals surface area contributed by atoms with Crippen molar-refractivity contribution < 1.29 is 0 Å². The first-order valence-corrected chi connectivity index (χ1v) is 9.29. The molecule has 0 heteroatoms. The Bertz CT molecular complexity index is 1150. The summed E-state index contributed by atoms with van der Waals surface area (Å²) in [5.41, 5.74) is 5.38. The van der Waals surface area contributed by atoms with Crippen LogP contribution in [0.1, 0.15) is 22.3 Å². The van der Waals surface area contributed by atoms with Crippen LogP contribution in [0, 0.1) is 27.7 Å². The summed E-state index contributed by atoms with van der Waals surface area (Å²) in [5, 5.41) is 10.8. The van der Waals surface area contributed by atoms with Crippen LogP contribution in [-0.2, 0) is 0 Å². The van der Waals surface area contributed by atoms with E-state index in [1.54, 1.807) is 0 Å². The Balaban J connectivity index is 1.93. The third-order valence-corrected chi connectivity index (χ3v) is 5.93.